The number of amides is 1. The van der Waals surface area contributed by atoms with E-state index in [-0.39, 0.29) is 12.0 Å². The van der Waals surface area contributed by atoms with Gasteiger partial charge in [0.2, 0.25) is 5.91 Å². The van der Waals surface area contributed by atoms with Crippen molar-refractivity contribution >= 4 is 11.9 Å². The SMILES string of the molecule is CCC1CCC(NC(=O)CCC2CCCCO2)(C(=O)O)CC1. The zero-order chi connectivity index (χ0) is 16.0. The van der Waals surface area contributed by atoms with E-state index >= 15 is 0 Å². The first-order chi connectivity index (χ1) is 10.6. The van der Waals surface area contributed by atoms with Gasteiger partial charge in [-0.2, -0.15) is 0 Å². The van der Waals surface area contributed by atoms with Crippen molar-refractivity contribution in [3.63, 3.8) is 0 Å². The van der Waals surface area contributed by atoms with Crippen molar-refractivity contribution in [2.24, 2.45) is 5.92 Å². The zero-order valence-electron chi connectivity index (χ0n) is 13.6. The first-order valence-corrected chi connectivity index (χ1v) is 8.72. The minimum atomic E-state index is -1.05. The molecule has 1 aliphatic heterocycles. The summed E-state index contributed by atoms with van der Waals surface area (Å²) in [6.45, 7) is 2.92. The smallest absolute Gasteiger partial charge is 0.329 e. The van der Waals surface area contributed by atoms with Crippen LogP contribution in [0.4, 0.5) is 0 Å². The zero-order valence-corrected chi connectivity index (χ0v) is 13.6. The van der Waals surface area contributed by atoms with E-state index in [1.165, 1.54) is 0 Å². The van der Waals surface area contributed by atoms with Crippen LogP contribution in [0.5, 0.6) is 0 Å². The molecule has 1 heterocycles. The lowest BCUT2D eigenvalue weighted by atomic mass is 9.75. The van der Waals surface area contributed by atoms with Gasteiger partial charge in [-0.05, 0) is 57.3 Å². The highest BCUT2D eigenvalue weighted by atomic mass is 16.5. The molecular weight excluding hydrogens is 282 g/mol. The third kappa shape index (κ3) is 4.45. The van der Waals surface area contributed by atoms with Crippen molar-refractivity contribution < 1.29 is 19.4 Å². The standard InChI is InChI=1S/C17H29NO4/c1-2-13-8-10-17(11-9-13,16(20)21)18-15(19)7-6-14-5-3-4-12-22-14/h13-14H,2-12H2,1H3,(H,18,19)(H,20,21). The predicted octanol–water partition coefficient (Wildman–Crippen LogP) is 2.88. The molecule has 0 spiro atoms. The van der Waals surface area contributed by atoms with Crippen LogP contribution in [0.2, 0.25) is 0 Å². The molecule has 1 atom stereocenters. The Morgan fingerprint density at radius 1 is 1.23 bits per heavy atom. The fraction of sp³-hybridized carbons (Fsp3) is 0.882. The molecule has 0 aromatic heterocycles. The van der Waals surface area contributed by atoms with Crippen LogP contribution in [0.15, 0.2) is 0 Å². The fourth-order valence-corrected chi connectivity index (χ4v) is 3.63. The van der Waals surface area contributed by atoms with Crippen molar-refractivity contribution in [3.05, 3.63) is 0 Å². The molecule has 5 nitrogen and oxygen atoms in total. The van der Waals surface area contributed by atoms with Gasteiger partial charge in [0, 0.05) is 13.0 Å². The summed E-state index contributed by atoms with van der Waals surface area (Å²) in [5, 5.41) is 12.4. The van der Waals surface area contributed by atoms with E-state index in [4.69, 9.17) is 4.74 Å². The van der Waals surface area contributed by atoms with Gasteiger partial charge in [0.25, 0.3) is 0 Å². The van der Waals surface area contributed by atoms with Crippen LogP contribution in [-0.4, -0.2) is 35.2 Å². The Balaban J connectivity index is 1.82. The number of carbonyl (C=O) groups is 2. The van der Waals surface area contributed by atoms with Crippen molar-refractivity contribution in [1.82, 2.24) is 5.32 Å². The molecule has 126 valence electrons. The number of aliphatic carboxylic acids is 1. The van der Waals surface area contributed by atoms with Crippen LogP contribution >= 0.6 is 0 Å². The van der Waals surface area contributed by atoms with Crippen LogP contribution in [0.3, 0.4) is 0 Å². The van der Waals surface area contributed by atoms with Gasteiger partial charge in [0.05, 0.1) is 6.10 Å². The minimum absolute atomic E-state index is 0.147. The van der Waals surface area contributed by atoms with E-state index < -0.39 is 11.5 Å². The molecule has 1 amide bonds. The van der Waals surface area contributed by atoms with Gasteiger partial charge in [-0.15, -0.1) is 0 Å². The van der Waals surface area contributed by atoms with Crippen LogP contribution in [0.25, 0.3) is 0 Å². The number of hydrogen-bond acceptors (Lipinski definition) is 3. The average Bonchev–Trinajstić information content (AvgIpc) is 2.54. The average molecular weight is 311 g/mol. The number of hydrogen-bond donors (Lipinski definition) is 2. The number of ether oxygens (including phenoxy) is 1. The maximum absolute atomic E-state index is 12.2. The van der Waals surface area contributed by atoms with Crippen molar-refractivity contribution in [1.29, 1.82) is 0 Å². The van der Waals surface area contributed by atoms with Gasteiger partial charge in [-0.25, -0.2) is 4.79 Å². The molecular formula is C17H29NO4. The quantitative estimate of drug-likeness (QED) is 0.791. The summed E-state index contributed by atoms with van der Waals surface area (Å²) in [5.41, 5.74) is -1.05. The van der Waals surface area contributed by atoms with Gasteiger partial charge in [0.1, 0.15) is 5.54 Å². The largest absolute Gasteiger partial charge is 0.480 e. The number of carboxylic acid groups (broad SMARTS) is 1. The highest BCUT2D eigenvalue weighted by Gasteiger charge is 2.42. The van der Waals surface area contributed by atoms with Gasteiger partial charge in [0.15, 0.2) is 0 Å². The van der Waals surface area contributed by atoms with E-state index in [0.717, 1.165) is 45.1 Å². The second-order valence-corrected chi connectivity index (χ2v) is 6.81. The topological polar surface area (TPSA) is 75.6 Å². The Kier molecular flexibility index (Phi) is 6.24. The number of carboxylic acids is 1. The molecule has 2 fully saturated rings. The second-order valence-electron chi connectivity index (χ2n) is 6.81. The summed E-state index contributed by atoms with van der Waals surface area (Å²) in [6.07, 6.45) is 8.43. The van der Waals surface area contributed by atoms with E-state index in [1.54, 1.807) is 0 Å². The first-order valence-electron chi connectivity index (χ1n) is 8.72. The maximum Gasteiger partial charge on any atom is 0.329 e. The van der Waals surface area contributed by atoms with Crippen LogP contribution < -0.4 is 5.32 Å². The lowest BCUT2D eigenvalue weighted by molar-refractivity contribution is -0.149. The highest BCUT2D eigenvalue weighted by molar-refractivity contribution is 5.87. The summed E-state index contributed by atoms with van der Waals surface area (Å²) in [6, 6.07) is 0. The third-order valence-corrected chi connectivity index (χ3v) is 5.29. The Labute approximate surface area is 132 Å². The number of carbonyl (C=O) groups excluding carboxylic acids is 1. The second kappa shape index (κ2) is 7.95. The van der Waals surface area contributed by atoms with Crippen molar-refractivity contribution in [3.8, 4) is 0 Å². The Morgan fingerprint density at radius 3 is 2.50 bits per heavy atom. The molecule has 1 saturated carbocycles. The molecule has 0 radical (unpaired) electrons. The summed E-state index contributed by atoms with van der Waals surface area (Å²) in [5.74, 6) is -0.434. The summed E-state index contributed by atoms with van der Waals surface area (Å²) < 4.78 is 5.62. The van der Waals surface area contributed by atoms with E-state index in [0.29, 0.717) is 31.6 Å². The number of rotatable bonds is 6. The number of nitrogens with one attached hydrogen (secondary N) is 1. The summed E-state index contributed by atoms with van der Waals surface area (Å²) in [4.78, 5) is 23.9. The molecule has 0 aromatic carbocycles. The van der Waals surface area contributed by atoms with Crippen molar-refractivity contribution in [2.75, 3.05) is 6.61 Å². The Hall–Kier alpha value is -1.10. The third-order valence-electron chi connectivity index (χ3n) is 5.29. The molecule has 2 rings (SSSR count). The molecule has 0 aromatic rings. The van der Waals surface area contributed by atoms with E-state index in [1.807, 2.05) is 0 Å². The lowest BCUT2D eigenvalue weighted by Crippen LogP contribution is -2.56. The molecule has 1 unspecified atom stereocenters. The fourth-order valence-electron chi connectivity index (χ4n) is 3.63. The molecule has 5 heteroatoms. The van der Waals surface area contributed by atoms with E-state index in [2.05, 4.69) is 12.2 Å². The minimum Gasteiger partial charge on any atom is -0.480 e. The lowest BCUT2D eigenvalue weighted by Gasteiger charge is -2.37. The summed E-state index contributed by atoms with van der Waals surface area (Å²) in [7, 11) is 0. The monoisotopic (exact) mass is 311 g/mol. The van der Waals surface area contributed by atoms with Crippen LogP contribution in [0.1, 0.15) is 71.1 Å². The molecule has 2 N–H and O–H groups in total. The molecule has 1 aliphatic carbocycles. The van der Waals surface area contributed by atoms with Gasteiger partial charge < -0.3 is 15.2 Å². The molecule has 0 bridgehead atoms. The predicted molar refractivity (Wildman–Crippen MR) is 83.6 cm³/mol. The van der Waals surface area contributed by atoms with Crippen molar-refractivity contribution in [2.45, 2.75) is 82.8 Å². The maximum atomic E-state index is 12.2. The highest BCUT2D eigenvalue weighted by Crippen LogP contribution is 2.34. The van der Waals surface area contributed by atoms with Gasteiger partial charge in [-0.3, -0.25) is 4.79 Å². The molecule has 22 heavy (non-hydrogen) atoms. The normalized spacial score (nSPS) is 32.4. The Morgan fingerprint density at radius 2 is 1.95 bits per heavy atom. The molecule has 2 aliphatic rings. The van der Waals surface area contributed by atoms with Gasteiger partial charge in [-0.1, -0.05) is 13.3 Å². The Bertz CT molecular complexity index is 382. The summed E-state index contributed by atoms with van der Waals surface area (Å²) >= 11 is 0. The van der Waals surface area contributed by atoms with E-state index in [9.17, 15) is 14.7 Å². The van der Waals surface area contributed by atoms with Gasteiger partial charge >= 0.3 is 5.97 Å². The first kappa shape index (κ1) is 17.3. The van der Waals surface area contributed by atoms with Crippen LogP contribution in [0, 0.1) is 5.92 Å². The molecule has 1 saturated heterocycles. The van der Waals surface area contributed by atoms with Crippen LogP contribution in [-0.2, 0) is 14.3 Å².